The molecule has 1 aliphatic heterocycles. The average Bonchev–Trinajstić information content (AvgIpc) is 3.51. The average molecular weight is 604 g/mol. The zero-order chi connectivity index (χ0) is 32.2. The summed E-state index contributed by atoms with van der Waals surface area (Å²) in [5.74, 6) is 0. The zero-order valence-electron chi connectivity index (χ0n) is 28.2. The van der Waals surface area contributed by atoms with Crippen LogP contribution >= 0.6 is 0 Å². The molecule has 0 saturated carbocycles. The van der Waals surface area contributed by atoms with Gasteiger partial charge in [0.1, 0.15) is 0 Å². The summed E-state index contributed by atoms with van der Waals surface area (Å²) in [6, 6.07) is 40.3. The number of fused-ring (bicyclic) bond motifs is 6. The van der Waals surface area contributed by atoms with Gasteiger partial charge in [0.25, 0.3) is 0 Å². The minimum Gasteiger partial charge on any atom is -0.399 e. The molecular formula is C42H42BNO2. The van der Waals surface area contributed by atoms with E-state index in [-0.39, 0.29) is 10.8 Å². The van der Waals surface area contributed by atoms with Gasteiger partial charge in [0.05, 0.1) is 11.2 Å². The molecule has 0 radical (unpaired) electrons. The molecule has 4 heteroatoms. The lowest BCUT2D eigenvalue weighted by Gasteiger charge is -2.32. The lowest BCUT2D eigenvalue weighted by Crippen LogP contribution is -2.41. The van der Waals surface area contributed by atoms with Crippen molar-refractivity contribution in [2.45, 2.75) is 77.4 Å². The van der Waals surface area contributed by atoms with Gasteiger partial charge >= 0.3 is 7.12 Å². The highest BCUT2D eigenvalue weighted by Gasteiger charge is 2.52. The van der Waals surface area contributed by atoms with Gasteiger partial charge in [-0.3, -0.25) is 0 Å². The first kappa shape index (κ1) is 29.3. The van der Waals surface area contributed by atoms with Crippen molar-refractivity contribution >= 4 is 29.6 Å². The first-order valence-electron chi connectivity index (χ1n) is 16.5. The van der Waals surface area contributed by atoms with E-state index in [1.54, 1.807) is 0 Å². The molecule has 0 N–H and O–H groups in total. The Morgan fingerprint density at radius 3 is 1.37 bits per heavy atom. The SMILES string of the molecule is CC1(C)c2ccccc2-c2ccc(N(c3ccc4c(c3)C(C)(C)c3ccccc3-4)c3ccccc3B3OC(C)(C)C(C)(C)O3)cc21. The fraction of sp³-hybridized carbons (Fsp3) is 0.286. The molecule has 1 heterocycles. The normalized spacial score (nSPS) is 18.9. The van der Waals surface area contributed by atoms with Gasteiger partial charge in [0.2, 0.25) is 0 Å². The maximum atomic E-state index is 6.66. The van der Waals surface area contributed by atoms with Gasteiger partial charge in [-0.05, 0) is 103 Å². The van der Waals surface area contributed by atoms with Crippen LogP contribution in [0.2, 0.25) is 0 Å². The summed E-state index contributed by atoms with van der Waals surface area (Å²) < 4.78 is 13.3. The molecule has 0 aromatic heterocycles. The minimum absolute atomic E-state index is 0.111. The molecule has 0 atom stereocenters. The highest BCUT2D eigenvalue weighted by Crippen LogP contribution is 2.53. The summed E-state index contributed by atoms with van der Waals surface area (Å²) in [7, 11) is -0.492. The second-order valence-corrected chi connectivity index (χ2v) is 15.3. The van der Waals surface area contributed by atoms with Crippen LogP contribution in [0.1, 0.15) is 77.6 Å². The molecule has 0 spiro atoms. The zero-order valence-corrected chi connectivity index (χ0v) is 28.2. The number of para-hydroxylation sites is 1. The summed E-state index contributed by atoms with van der Waals surface area (Å²) in [5, 5.41) is 0. The van der Waals surface area contributed by atoms with Crippen molar-refractivity contribution < 1.29 is 9.31 Å². The van der Waals surface area contributed by atoms with Gasteiger partial charge in [-0.25, -0.2) is 0 Å². The first-order valence-corrected chi connectivity index (χ1v) is 16.5. The third-order valence-electron chi connectivity index (χ3n) is 11.3. The lowest BCUT2D eigenvalue weighted by molar-refractivity contribution is 0.00578. The van der Waals surface area contributed by atoms with Crippen molar-refractivity contribution in [3.63, 3.8) is 0 Å². The van der Waals surface area contributed by atoms with E-state index in [0.717, 1.165) is 22.5 Å². The Balaban J connectivity index is 1.34. The molecule has 2 aliphatic carbocycles. The van der Waals surface area contributed by atoms with E-state index in [2.05, 4.69) is 169 Å². The molecule has 46 heavy (non-hydrogen) atoms. The fourth-order valence-electron chi connectivity index (χ4n) is 7.95. The van der Waals surface area contributed by atoms with Crippen LogP contribution in [0.25, 0.3) is 22.3 Å². The summed E-state index contributed by atoms with van der Waals surface area (Å²) in [6.45, 7) is 17.9. The van der Waals surface area contributed by atoms with Crippen LogP contribution in [-0.2, 0) is 20.1 Å². The van der Waals surface area contributed by atoms with Crippen molar-refractivity contribution in [3.05, 3.63) is 131 Å². The number of benzene rings is 5. The summed E-state index contributed by atoms with van der Waals surface area (Å²) in [4.78, 5) is 2.42. The third kappa shape index (κ3) is 4.06. The molecule has 0 bridgehead atoms. The Morgan fingerprint density at radius 2 is 0.870 bits per heavy atom. The fourth-order valence-corrected chi connectivity index (χ4v) is 7.95. The number of nitrogens with zero attached hydrogens (tertiary/aromatic N) is 1. The van der Waals surface area contributed by atoms with Gasteiger partial charge in [0.15, 0.2) is 0 Å². The molecule has 0 amide bonds. The maximum Gasteiger partial charge on any atom is 0.496 e. The van der Waals surface area contributed by atoms with Crippen molar-refractivity contribution in [3.8, 4) is 22.3 Å². The Hall–Kier alpha value is -4.12. The second kappa shape index (κ2) is 9.70. The van der Waals surface area contributed by atoms with E-state index in [1.165, 1.54) is 44.5 Å². The summed E-state index contributed by atoms with van der Waals surface area (Å²) in [6.07, 6.45) is 0. The number of anilines is 3. The Morgan fingerprint density at radius 1 is 0.457 bits per heavy atom. The highest BCUT2D eigenvalue weighted by atomic mass is 16.7. The quantitative estimate of drug-likeness (QED) is 0.191. The van der Waals surface area contributed by atoms with Crippen LogP contribution in [0.5, 0.6) is 0 Å². The minimum atomic E-state index is -0.492. The predicted molar refractivity (Wildman–Crippen MR) is 192 cm³/mol. The van der Waals surface area contributed by atoms with Crippen LogP contribution < -0.4 is 10.4 Å². The van der Waals surface area contributed by atoms with Gasteiger partial charge in [0, 0.05) is 33.4 Å². The maximum absolute atomic E-state index is 6.66. The highest BCUT2D eigenvalue weighted by molar-refractivity contribution is 6.64. The summed E-state index contributed by atoms with van der Waals surface area (Å²) in [5.41, 5.74) is 14.0. The van der Waals surface area contributed by atoms with E-state index in [9.17, 15) is 0 Å². The number of hydrogen-bond acceptors (Lipinski definition) is 3. The second-order valence-electron chi connectivity index (χ2n) is 15.3. The van der Waals surface area contributed by atoms with E-state index < -0.39 is 18.3 Å². The van der Waals surface area contributed by atoms with Crippen LogP contribution in [0.15, 0.2) is 109 Å². The van der Waals surface area contributed by atoms with Crippen LogP contribution in [0, 0.1) is 0 Å². The largest absolute Gasteiger partial charge is 0.496 e. The van der Waals surface area contributed by atoms with Gasteiger partial charge in [-0.15, -0.1) is 0 Å². The van der Waals surface area contributed by atoms with Crippen molar-refractivity contribution in [1.82, 2.24) is 0 Å². The van der Waals surface area contributed by atoms with Crippen molar-refractivity contribution in [2.75, 3.05) is 4.90 Å². The van der Waals surface area contributed by atoms with E-state index >= 15 is 0 Å². The molecule has 3 aliphatic rings. The molecule has 1 saturated heterocycles. The van der Waals surface area contributed by atoms with E-state index in [1.807, 2.05) is 0 Å². The number of hydrogen-bond donors (Lipinski definition) is 0. The van der Waals surface area contributed by atoms with E-state index in [0.29, 0.717) is 0 Å². The van der Waals surface area contributed by atoms with Gasteiger partial charge in [-0.2, -0.15) is 0 Å². The van der Waals surface area contributed by atoms with Crippen LogP contribution in [0.4, 0.5) is 17.1 Å². The molecule has 0 unspecified atom stereocenters. The lowest BCUT2D eigenvalue weighted by atomic mass is 9.77. The Kier molecular flexibility index (Phi) is 6.18. The Bertz CT molecular complexity index is 1910. The molecule has 3 nitrogen and oxygen atoms in total. The third-order valence-corrected chi connectivity index (χ3v) is 11.3. The van der Waals surface area contributed by atoms with Crippen LogP contribution in [-0.4, -0.2) is 18.3 Å². The van der Waals surface area contributed by atoms with Gasteiger partial charge in [-0.1, -0.05) is 107 Å². The van der Waals surface area contributed by atoms with Crippen LogP contribution in [0.3, 0.4) is 0 Å². The van der Waals surface area contributed by atoms with Crippen molar-refractivity contribution in [2.24, 2.45) is 0 Å². The standard InChI is InChI=1S/C42H42BNO2/c1-39(2)33-17-11-9-15-29(33)31-23-21-27(25-35(31)39)44(38-20-14-13-19-37(38)43-45-41(5,6)42(7,8)46-43)28-22-24-32-30-16-10-12-18-34(30)40(3,4)36(32)26-28/h9-26H,1-8H3. The Labute approximate surface area is 274 Å². The topological polar surface area (TPSA) is 21.7 Å². The van der Waals surface area contributed by atoms with Crippen molar-refractivity contribution in [1.29, 1.82) is 0 Å². The smallest absolute Gasteiger partial charge is 0.399 e. The molecule has 5 aromatic carbocycles. The summed E-state index contributed by atoms with van der Waals surface area (Å²) >= 11 is 0. The predicted octanol–water partition coefficient (Wildman–Crippen LogP) is 10.1. The van der Waals surface area contributed by atoms with Gasteiger partial charge < -0.3 is 14.2 Å². The molecule has 8 rings (SSSR count). The first-order chi connectivity index (χ1) is 21.8. The molecular weight excluding hydrogens is 561 g/mol. The molecule has 5 aromatic rings. The molecule has 1 fully saturated rings. The number of rotatable bonds is 4. The van der Waals surface area contributed by atoms with E-state index in [4.69, 9.17) is 9.31 Å². The monoisotopic (exact) mass is 603 g/mol. The molecule has 230 valence electrons.